The van der Waals surface area contributed by atoms with Gasteiger partial charge < -0.3 is 9.73 Å². The van der Waals surface area contributed by atoms with Gasteiger partial charge in [-0.1, -0.05) is 6.07 Å². The van der Waals surface area contributed by atoms with Crippen LogP contribution in [0, 0.1) is 13.8 Å². The zero-order valence-corrected chi connectivity index (χ0v) is 12.1. The second kappa shape index (κ2) is 6.39. The Morgan fingerprint density at radius 1 is 1.25 bits per heavy atom. The topological polar surface area (TPSA) is 45.5 Å². The predicted octanol–water partition coefficient (Wildman–Crippen LogP) is 2.97. The van der Waals surface area contributed by atoms with Gasteiger partial charge in [0.1, 0.15) is 5.76 Å². The van der Waals surface area contributed by atoms with Crippen molar-refractivity contribution >= 4 is 11.6 Å². The van der Waals surface area contributed by atoms with E-state index in [2.05, 4.69) is 11.4 Å². The molecule has 1 N–H and O–H groups in total. The standard InChI is InChI=1S/C16H20N2O2/c1-12-7-13(2)9-14(8-12)17-16(19)11-18(3)10-15-5-4-6-20-15/h4-9H,10-11H2,1-3H3,(H,17,19). The first-order valence-corrected chi connectivity index (χ1v) is 6.62. The van der Waals surface area contributed by atoms with Crippen molar-refractivity contribution in [3.8, 4) is 0 Å². The van der Waals surface area contributed by atoms with E-state index in [0.717, 1.165) is 22.6 Å². The van der Waals surface area contributed by atoms with Gasteiger partial charge in [-0.15, -0.1) is 0 Å². The van der Waals surface area contributed by atoms with Crippen LogP contribution in [0.1, 0.15) is 16.9 Å². The number of aryl methyl sites for hydroxylation is 2. The molecule has 0 aliphatic rings. The summed E-state index contributed by atoms with van der Waals surface area (Å²) in [6.45, 7) is 4.98. The van der Waals surface area contributed by atoms with Crippen LogP contribution in [-0.2, 0) is 11.3 Å². The molecule has 0 aliphatic carbocycles. The van der Waals surface area contributed by atoms with Crippen molar-refractivity contribution in [3.63, 3.8) is 0 Å². The van der Waals surface area contributed by atoms with Crippen molar-refractivity contribution in [2.75, 3.05) is 18.9 Å². The summed E-state index contributed by atoms with van der Waals surface area (Å²) in [5, 5.41) is 2.92. The molecule has 0 saturated heterocycles. The number of anilines is 1. The van der Waals surface area contributed by atoms with E-state index in [4.69, 9.17) is 4.42 Å². The molecule has 0 aliphatic heterocycles. The quantitative estimate of drug-likeness (QED) is 0.910. The van der Waals surface area contributed by atoms with Gasteiger partial charge in [-0.2, -0.15) is 0 Å². The van der Waals surface area contributed by atoms with Gasteiger partial charge in [0.15, 0.2) is 0 Å². The van der Waals surface area contributed by atoms with Crippen molar-refractivity contribution in [1.29, 1.82) is 0 Å². The van der Waals surface area contributed by atoms with E-state index in [0.29, 0.717) is 13.1 Å². The summed E-state index contributed by atoms with van der Waals surface area (Å²) in [6.07, 6.45) is 1.64. The number of hydrogen-bond donors (Lipinski definition) is 1. The minimum Gasteiger partial charge on any atom is -0.468 e. The van der Waals surface area contributed by atoms with E-state index in [1.165, 1.54) is 0 Å². The third kappa shape index (κ3) is 4.24. The van der Waals surface area contributed by atoms with Crippen LogP contribution in [0.25, 0.3) is 0 Å². The molecule has 1 heterocycles. The Balaban J connectivity index is 1.88. The molecule has 106 valence electrons. The number of benzene rings is 1. The lowest BCUT2D eigenvalue weighted by Crippen LogP contribution is -2.29. The summed E-state index contributed by atoms with van der Waals surface area (Å²) in [4.78, 5) is 13.9. The average molecular weight is 272 g/mol. The molecule has 0 atom stereocenters. The lowest BCUT2D eigenvalue weighted by atomic mass is 10.1. The third-order valence-electron chi connectivity index (χ3n) is 2.92. The van der Waals surface area contributed by atoms with Crippen LogP contribution in [-0.4, -0.2) is 24.4 Å². The zero-order chi connectivity index (χ0) is 14.5. The van der Waals surface area contributed by atoms with E-state index in [1.54, 1.807) is 6.26 Å². The summed E-state index contributed by atoms with van der Waals surface area (Å²) >= 11 is 0. The fraction of sp³-hybridized carbons (Fsp3) is 0.312. The van der Waals surface area contributed by atoms with Crippen molar-refractivity contribution in [1.82, 2.24) is 4.90 Å². The second-order valence-electron chi connectivity index (χ2n) is 5.18. The first-order valence-electron chi connectivity index (χ1n) is 6.62. The van der Waals surface area contributed by atoms with Gasteiger partial charge in [0.05, 0.1) is 19.4 Å². The van der Waals surface area contributed by atoms with Crippen LogP contribution >= 0.6 is 0 Å². The van der Waals surface area contributed by atoms with Gasteiger partial charge in [-0.3, -0.25) is 9.69 Å². The smallest absolute Gasteiger partial charge is 0.238 e. The maximum atomic E-state index is 12.0. The zero-order valence-electron chi connectivity index (χ0n) is 12.1. The number of amides is 1. The SMILES string of the molecule is Cc1cc(C)cc(NC(=O)CN(C)Cc2ccco2)c1. The lowest BCUT2D eigenvalue weighted by molar-refractivity contribution is -0.117. The van der Waals surface area contributed by atoms with E-state index in [9.17, 15) is 4.79 Å². The Bertz CT molecular complexity index is 556. The maximum Gasteiger partial charge on any atom is 0.238 e. The normalized spacial score (nSPS) is 10.8. The molecule has 1 aromatic heterocycles. The summed E-state index contributed by atoms with van der Waals surface area (Å²) in [6, 6.07) is 9.77. The minimum atomic E-state index is -0.0240. The fourth-order valence-corrected chi connectivity index (χ4v) is 2.22. The van der Waals surface area contributed by atoms with Crippen LogP contribution in [0.2, 0.25) is 0 Å². The van der Waals surface area contributed by atoms with E-state index >= 15 is 0 Å². The van der Waals surface area contributed by atoms with Gasteiger partial charge >= 0.3 is 0 Å². The number of furan rings is 1. The molecule has 0 spiro atoms. The Kier molecular flexibility index (Phi) is 4.58. The fourth-order valence-electron chi connectivity index (χ4n) is 2.22. The van der Waals surface area contributed by atoms with Crippen LogP contribution in [0.4, 0.5) is 5.69 Å². The molecule has 20 heavy (non-hydrogen) atoms. The number of nitrogens with one attached hydrogen (secondary N) is 1. The largest absolute Gasteiger partial charge is 0.468 e. The van der Waals surface area contributed by atoms with Gasteiger partial charge in [0.2, 0.25) is 5.91 Å². The number of likely N-dealkylation sites (N-methyl/N-ethyl adjacent to an activating group) is 1. The third-order valence-corrected chi connectivity index (χ3v) is 2.92. The summed E-state index contributed by atoms with van der Waals surface area (Å²) in [5.74, 6) is 0.829. The van der Waals surface area contributed by atoms with Crippen molar-refractivity contribution in [2.45, 2.75) is 20.4 Å². The van der Waals surface area contributed by atoms with Gasteiger partial charge in [0, 0.05) is 5.69 Å². The van der Waals surface area contributed by atoms with Gasteiger partial charge in [-0.05, 0) is 56.3 Å². The van der Waals surface area contributed by atoms with Crippen molar-refractivity contribution in [3.05, 3.63) is 53.5 Å². The monoisotopic (exact) mass is 272 g/mol. The average Bonchev–Trinajstić information content (AvgIpc) is 2.79. The summed E-state index contributed by atoms with van der Waals surface area (Å²) in [5.41, 5.74) is 3.13. The molecule has 0 fully saturated rings. The first-order chi connectivity index (χ1) is 9.52. The highest BCUT2D eigenvalue weighted by molar-refractivity contribution is 5.92. The molecule has 0 bridgehead atoms. The Morgan fingerprint density at radius 2 is 1.95 bits per heavy atom. The van der Waals surface area contributed by atoms with Crippen LogP contribution in [0.15, 0.2) is 41.0 Å². The lowest BCUT2D eigenvalue weighted by Gasteiger charge is -2.15. The Labute approximate surface area is 119 Å². The van der Waals surface area contributed by atoms with Crippen LogP contribution in [0.3, 0.4) is 0 Å². The molecule has 4 nitrogen and oxygen atoms in total. The Morgan fingerprint density at radius 3 is 2.55 bits per heavy atom. The summed E-state index contributed by atoms with van der Waals surface area (Å²) < 4.78 is 5.26. The van der Waals surface area contributed by atoms with Crippen molar-refractivity contribution in [2.24, 2.45) is 0 Å². The highest BCUT2D eigenvalue weighted by Gasteiger charge is 2.09. The summed E-state index contributed by atoms with van der Waals surface area (Å²) in [7, 11) is 1.89. The molecule has 4 heteroatoms. The predicted molar refractivity (Wildman–Crippen MR) is 79.6 cm³/mol. The number of carbonyl (C=O) groups excluding carboxylic acids is 1. The van der Waals surface area contributed by atoms with Gasteiger partial charge in [0.25, 0.3) is 0 Å². The molecule has 0 radical (unpaired) electrons. The number of carbonyl (C=O) groups is 1. The van der Waals surface area contributed by atoms with Crippen molar-refractivity contribution < 1.29 is 9.21 Å². The van der Waals surface area contributed by atoms with Gasteiger partial charge in [-0.25, -0.2) is 0 Å². The Hall–Kier alpha value is -2.07. The minimum absolute atomic E-state index is 0.0240. The van der Waals surface area contributed by atoms with E-state index in [-0.39, 0.29) is 5.91 Å². The highest BCUT2D eigenvalue weighted by atomic mass is 16.3. The molecule has 0 unspecified atom stereocenters. The molecule has 2 aromatic rings. The van der Waals surface area contributed by atoms with Crippen LogP contribution < -0.4 is 5.32 Å². The molecule has 0 saturated carbocycles. The molecule has 1 aromatic carbocycles. The maximum absolute atomic E-state index is 12.0. The number of rotatable bonds is 5. The van der Waals surface area contributed by atoms with E-state index < -0.39 is 0 Å². The molecular weight excluding hydrogens is 252 g/mol. The molecule has 1 amide bonds. The number of nitrogens with zero attached hydrogens (tertiary/aromatic N) is 1. The molecule has 2 rings (SSSR count). The molecular formula is C16H20N2O2. The first kappa shape index (κ1) is 14.3. The van der Waals surface area contributed by atoms with E-state index in [1.807, 2.05) is 50.1 Å². The second-order valence-corrected chi connectivity index (χ2v) is 5.18. The van der Waals surface area contributed by atoms with Crippen LogP contribution in [0.5, 0.6) is 0 Å². The number of hydrogen-bond acceptors (Lipinski definition) is 3. The highest BCUT2D eigenvalue weighted by Crippen LogP contribution is 2.13.